The third-order valence-electron chi connectivity index (χ3n) is 2.81. The molecular weight excluding hydrogens is 216 g/mol. The van der Waals surface area contributed by atoms with Gasteiger partial charge in [-0.2, -0.15) is 5.10 Å². The molecule has 1 aromatic rings. The van der Waals surface area contributed by atoms with Crippen LogP contribution in [0.25, 0.3) is 0 Å². The van der Waals surface area contributed by atoms with Gasteiger partial charge >= 0.3 is 0 Å². The first-order valence-electron chi connectivity index (χ1n) is 6.29. The Labute approximate surface area is 102 Å². The highest BCUT2D eigenvalue weighted by Gasteiger charge is 2.22. The summed E-state index contributed by atoms with van der Waals surface area (Å²) in [6.45, 7) is 4.45. The van der Waals surface area contributed by atoms with Gasteiger partial charge in [-0.05, 0) is 19.8 Å². The monoisotopic (exact) mass is 236 g/mol. The number of aromatic nitrogens is 2. The van der Waals surface area contributed by atoms with Crippen LogP contribution in [-0.2, 0) is 17.9 Å². The molecular formula is C12H20N4O. The zero-order valence-corrected chi connectivity index (χ0v) is 10.3. The predicted octanol–water partition coefficient (Wildman–Crippen LogP) is 0.661. The van der Waals surface area contributed by atoms with Crippen LogP contribution < -0.4 is 10.6 Å². The molecule has 1 heterocycles. The Hall–Kier alpha value is -1.36. The van der Waals surface area contributed by atoms with Crippen molar-refractivity contribution in [2.75, 3.05) is 6.54 Å². The normalized spacial score (nSPS) is 14.9. The second-order valence-electron chi connectivity index (χ2n) is 4.47. The van der Waals surface area contributed by atoms with Gasteiger partial charge in [0.05, 0.1) is 6.20 Å². The maximum Gasteiger partial charge on any atom is 0.221 e. The topological polar surface area (TPSA) is 59.0 Å². The van der Waals surface area contributed by atoms with Gasteiger partial charge < -0.3 is 10.6 Å². The van der Waals surface area contributed by atoms with Crippen LogP contribution in [0.4, 0.5) is 0 Å². The summed E-state index contributed by atoms with van der Waals surface area (Å²) >= 11 is 0. The molecule has 0 aliphatic heterocycles. The number of nitrogens with one attached hydrogen (secondary N) is 2. The van der Waals surface area contributed by atoms with E-state index in [2.05, 4.69) is 22.7 Å². The average molecular weight is 236 g/mol. The summed E-state index contributed by atoms with van der Waals surface area (Å²) < 4.78 is 1.90. The molecule has 0 aromatic carbocycles. The van der Waals surface area contributed by atoms with Crippen LogP contribution in [-0.4, -0.2) is 28.3 Å². The fourth-order valence-electron chi connectivity index (χ4n) is 1.63. The molecule has 2 N–H and O–H groups in total. The highest BCUT2D eigenvalue weighted by Crippen LogP contribution is 2.18. The highest BCUT2D eigenvalue weighted by atomic mass is 16.1. The number of hydrogen-bond acceptors (Lipinski definition) is 3. The van der Waals surface area contributed by atoms with Gasteiger partial charge in [-0.3, -0.25) is 9.48 Å². The van der Waals surface area contributed by atoms with Crippen molar-refractivity contribution in [3.63, 3.8) is 0 Å². The van der Waals surface area contributed by atoms with E-state index >= 15 is 0 Å². The Morgan fingerprint density at radius 3 is 3.06 bits per heavy atom. The second-order valence-corrected chi connectivity index (χ2v) is 4.47. The van der Waals surface area contributed by atoms with Crippen molar-refractivity contribution in [2.24, 2.45) is 0 Å². The Balaban J connectivity index is 1.57. The van der Waals surface area contributed by atoms with Crippen LogP contribution in [0.15, 0.2) is 12.4 Å². The molecule has 0 atom stereocenters. The lowest BCUT2D eigenvalue weighted by Gasteiger charge is -2.04. The zero-order chi connectivity index (χ0) is 12.1. The van der Waals surface area contributed by atoms with Gasteiger partial charge in [0.25, 0.3) is 0 Å². The molecule has 0 bridgehead atoms. The van der Waals surface area contributed by atoms with Crippen molar-refractivity contribution in [1.82, 2.24) is 20.4 Å². The van der Waals surface area contributed by atoms with Gasteiger partial charge in [0.1, 0.15) is 0 Å². The molecule has 1 aromatic heterocycles. The Morgan fingerprint density at radius 1 is 1.59 bits per heavy atom. The summed E-state index contributed by atoms with van der Waals surface area (Å²) in [5.74, 6) is 0.157. The van der Waals surface area contributed by atoms with Crippen molar-refractivity contribution in [3.8, 4) is 0 Å². The summed E-state index contributed by atoms with van der Waals surface area (Å²) in [6.07, 6.45) is 6.74. The smallest absolute Gasteiger partial charge is 0.221 e. The maximum absolute atomic E-state index is 11.4. The van der Waals surface area contributed by atoms with E-state index in [0.29, 0.717) is 12.5 Å². The van der Waals surface area contributed by atoms with Crippen molar-refractivity contribution in [3.05, 3.63) is 18.0 Å². The quantitative estimate of drug-likeness (QED) is 0.684. The minimum Gasteiger partial charge on any atom is -0.353 e. The number of nitrogens with zero attached hydrogens (tertiary/aromatic N) is 2. The lowest BCUT2D eigenvalue weighted by atomic mass is 10.3. The van der Waals surface area contributed by atoms with Crippen LogP contribution in [0.3, 0.4) is 0 Å². The molecule has 1 fully saturated rings. The first-order valence-corrected chi connectivity index (χ1v) is 6.29. The van der Waals surface area contributed by atoms with Gasteiger partial charge in [0.15, 0.2) is 0 Å². The molecule has 5 nitrogen and oxygen atoms in total. The van der Waals surface area contributed by atoms with E-state index in [-0.39, 0.29) is 5.91 Å². The van der Waals surface area contributed by atoms with E-state index in [1.54, 1.807) is 0 Å². The minimum atomic E-state index is 0.157. The number of aryl methyl sites for hydroxylation is 1. The Morgan fingerprint density at radius 2 is 2.41 bits per heavy atom. The van der Waals surface area contributed by atoms with Gasteiger partial charge in [-0.25, -0.2) is 0 Å². The zero-order valence-electron chi connectivity index (χ0n) is 10.3. The fourth-order valence-corrected chi connectivity index (χ4v) is 1.63. The van der Waals surface area contributed by atoms with Crippen LogP contribution in [0.5, 0.6) is 0 Å². The highest BCUT2D eigenvalue weighted by molar-refractivity contribution is 5.76. The lowest BCUT2D eigenvalue weighted by molar-refractivity contribution is -0.121. The summed E-state index contributed by atoms with van der Waals surface area (Å²) in [4.78, 5) is 11.4. The van der Waals surface area contributed by atoms with Crippen molar-refractivity contribution >= 4 is 5.91 Å². The van der Waals surface area contributed by atoms with Crippen molar-refractivity contribution < 1.29 is 4.79 Å². The molecule has 1 aliphatic rings. The van der Waals surface area contributed by atoms with Crippen molar-refractivity contribution in [1.29, 1.82) is 0 Å². The third kappa shape index (κ3) is 4.19. The standard InChI is InChI=1S/C12H20N4O/c1-2-16-9-10(8-14-16)7-13-6-5-12(17)15-11-3-4-11/h8-9,11,13H,2-7H2,1H3,(H,15,17). The maximum atomic E-state index is 11.4. The van der Waals surface area contributed by atoms with E-state index in [0.717, 1.165) is 38.0 Å². The molecule has 0 unspecified atom stereocenters. The van der Waals surface area contributed by atoms with Gasteiger partial charge in [-0.1, -0.05) is 0 Å². The van der Waals surface area contributed by atoms with Crippen LogP contribution >= 0.6 is 0 Å². The summed E-state index contributed by atoms with van der Waals surface area (Å²) in [7, 11) is 0. The molecule has 0 radical (unpaired) electrons. The lowest BCUT2D eigenvalue weighted by Crippen LogP contribution is -2.28. The molecule has 1 aliphatic carbocycles. The molecule has 0 saturated heterocycles. The minimum absolute atomic E-state index is 0.157. The van der Waals surface area contributed by atoms with E-state index in [1.165, 1.54) is 0 Å². The molecule has 2 rings (SSSR count). The Bertz CT molecular complexity index is 370. The number of carbonyl (C=O) groups is 1. The van der Waals surface area contributed by atoms with E-state index in [9.17, 15) is 4.79 Å². The van der Waals surface area contributed by atoms with E-state index < -0.39 is 0 Å². The molecule has 0 spiro atoms. The average Bonchev–Trinajstić information content (AvgIpc) is 3.01. The van der Waals surface area contributed by atoms with Crippen LogP contribution in [0.1, 0.15) is 31.7 Å². The fraction of sp³-hybridized carbons (Fsp3) is 0.667. The molecule has 17 heavy (non-hydrogen) atoms. The molecule has 94 valence electrons. The van der Waals surface area contributed by atoms with Crippen LogP contribution in [0, 0.1) is 0 Å². The number of hydrogen-bond donors (Lipinski definition) is 2. The number of amides is 1. The summed E-state index contributed by atoms with van der Waals surface area (Å²) in [5, 5.41) is 10.4. The summed E-state index contributed by atoms with van der Waals surface area (Å²) in [6, 6.07) is 0.463. The van der Waals surface area contributed by atoms with Gasteiger partial charge in [0, 0.05) is 43.9 Å². The van der Waals surface area contributed by atoms with Gasteiger partial charge in [0.2, 0.25) is 5.91 Å². The van der Waals surface area contributed by atoms with E-state index in [1.807, 2.05) is 17.1 Å². The van der Waals surface area contributed by atoms with E-state index in [4.69, 9.17) is 0 Å². The molecule has 5 heteroatoms. The molecule has 1 saturated carbocycles. The summed E-state index contributed by atoms with van der Waals surface area (Å²) in [5.41, 5.74) is 1.16. The first kappa shape index (κ1) is 12.1. The number of carbonyl (C=O) groups excluding carboxylic acids is 1. The largest absolute Gasteiger partial charge is 0.353 e. The molecule has 1 amide bonds. The van der Waals surface area contributed by atoms with Crippen LogP contribution in [0.2, 0.25) is 0 Å². The Kier molecular flexibility index (Phi) is 4.14. The van der Waals surface area contributed by atoms with Crippen molar-refractivity contribution in [2.45, 2.75) is 45.3 Å². The van der Waals surface area contributed by atoms with Gasteiger partial charge in [-0.15, -0.1) is 0 Å². The second kappa shape index (κ2) is 5.82. The first-order chi connectivity index (χ1) is 8.28. The predicted molar refractivity (Wildman–Crippen MR) is 65.4 cm³/mol. The third-order valence-corrected chi connectivity index (χ3v) is 2.81. The number of rotatable bonds is 7. The SMILES string of the molecule is CCn1cc(CNCCC(=O)NC2CC2)cn1.